The van der Waals surface area contributed by atoms with Crippen LogP contribution < -0.4 is 0 Å². The minimum absolute atomic E-state index is 0.0258. The molecule has 0 radical (unpaired) electrons. The largest absolute Gasteiger partial charge is 0.472 e. The van der Waals surface area contributed by atoms with Gasteiger partial charge in [-0.25, -0.2) is 9.13 Å². The van der Waals surface area contributed by atoms with Crippen molar-refractivity contribution in [2.75, 3.05) is 39.6 Å². The minimum atomic E-state index is -5.01. The molecule has 0 bridgehead atoms. The van der Waals surface area contributed by atoms with Crippen LogP contribution in [-0.2, 0) is 65.4 Å². The van der Waals surface area contributed by atoms with Crippen molar-refractivity contribution >= 4 is 39.5 Å². The van der Waals surface area contributed by atoms with Crippen LogP contribution in [0.3, 0.4) is 0 Å². The average molecular weight is 1550 g/mol. The van der Waals surface area contributed by atoms with Gasteiger partial charge in [0.25, 0.3) is 0 Å². The van der Waals surface area contributed by atoms with Crippen LogP contribution >= 0.6 is 15.6 Å². The van der Waals surface area contributed by atoms with Crippen molar-refractivity contribution in [3.8, 4) is 0 Å². The van der Waals surface area contributed by atoms with Crippen molar-refractivity contribution in [1.29, 1.82) is 0 Å². The minimum Gasteiger partial charge on any atom is -0.462 e. The van der Waals surface area contributed by atoms with Crippen molar-refractivity contribution in [1.82, 2.24) is 0 Å². The van der Waals surface area contributed by atoms with Gasteiger partial charge in [0.2, 0.25) is 0 Å². The van der Waals surface area contributed by atoms with Gasteiger partial charge in [0.15, 0.2) is 12.2 Å². The molecule has 3 N–H and O–H groups in total. The smallest absolute Gasteiger partial charge is 0.462 e. The van der Waals surface area contributed by atoms with E-state index in [1.54, 1.807) is 0 Å². The van der Waals surface area contributed by atoms with Gasteiger partial charge >= 0.3 is 39.5 Å². The summed E-state index contributed by atoms with van der Waals surface area (Å²) in [5.74, 6) is -2.32. The lowest BCUT2D eigenvalue weighted by Crippen LogP contribution is -2.30. The van der Waals surface area contributed by atoms with Gasteiger partial charge in [0.1, 0.15) is 19.3 Å². The highest BCUT2D eigenvalue weighted by Gasteiger charge is 2.30. The molecule has 618 valence electrons. The Morgan fingerprint density at radius 3 is 0.833 bits per heavy atom. The van der Waals surface area contributed by atoms with Crippen LogP contribution in [0.5, 0.6) is 0 Å². The maximum Gasteiger partial charge on any atom is 0.472 e. The first-order valence-corrected chi connectivity index (χ1v) is 45.1. The Labute approximate surface area is 656 Å². The number of aliphatic hydroxyl groups excluding tert-OH is 1. The molecule has 0 aromatic carbocycles. The van der Waals surface area contributed by atoms with Gasteiger partial charge in [-0.1, -0.05) is 296 Å². The number of aliphatic hydroxyl groups is 1. The Bertz CT molecular complexity index is 2610. The lowest BCUT2D eigenvalue weighted by Gasteiger charge is -2.21. The number of rotatable bonds is 78. The zero-order valence-corrected chi connectivity index (χ0v) is 69.5. The summed E-state index contributed by atoms with van der Waals surface area (Å²) >= 11 is 0. The molecule has 0 heterocycles. The van der Waals surface area contributed by atoms with Gasteiger partial charge in [-0.05, 0) is 161 Å². The molecule has 5 atom stereocenters. The topological polar surface area (TPSA) is 237 Å². The number of ether oxygens (including phenoxy) is 4. The van der Waals surface area contributed by atoms with E-state index in [4.69, 9.17) is 37.0 Å². The lowest BCUT2D eigenvalue weighted by atomic mass is 10.1. The van der Waals surface area contributed by atoms with Gasteiger partial charge in [-0.2, -0.15) is 0 Å². The predicted molar refractivity (Wildman–Crippen MR) is 445 cm³/mol. The van der Waals surface area contributed by atoms with E-state index < -0.39 is 97.5 Å². The molecule has 0 saturated carbocycles. The Kier molecular flexibility index (Phi) is 76.3. The van der Waals surface area contributed by atoms with E-state index >= 15 is 0 Å². The molecule has 0 spiro atoms. The van der Waals surface area contributed by atoms with Crippen LogP contribution in [-0.4, -0.2) is 96.7 Å². The molecule has 0 amide bonds. The SMILES string of the molecule is CC/C=C\C/C=C\C/C=C\C/C=C\C/C=C\CCCCCC(=O)O[C@H](COC(=O)CC/C=C\C/C=C\C/C=C\C/C=C\C/C=C\CCCCC)COP(=O)(O)OC[C@@H](O)COP(=O)(O)OC[C@@H](COC(=O)CCCCCCC/C=C\CCCCCCCC)OC(=O)CCCCCCC/C=C\CCCCCCCC. The second kappa shape index (κ2) is 80.0. The molecule has 19 heteroatoms. The number of esters is 4. The normalized spacial score (nSPS) is 14.5. The zero-order chi connectivity index (χ0) is 78.9. The summed E-state index contributed by atoms with van der Waals surface area (Å²) in [6.45, 7) is 4.61. The zero-order valence-electron chi connectivity index (χ0n) is 67.7. The fourth-order valence-corrected chi connectivity index (χ4v) is 12.4. The standard InChI is InChI=1S/C89H150O17P2/c1-5-9-13-17-21-25-29-33-37-39-41-43-47-50-54-58-62-66-70-74-87(92)100-80-85(106-89(94)76-72-68-64-60-56-52-48-44-42-40-38-34-30-26-22-18-14-10-6-2)82-104-108(97,98)102-78-83(90)77-101-107(95,96)103-81-84(105-88(93)75-71-67-63-59-55-51-46-36-32-28-24-20-16-12-8-4)79-99-86(91)73-69-65-61-57-53-49-45-35-31-27-23-19-15-11-7-3/h10,14,21-22,25-26,33-38,41-46,50,52,54,56,62,66,83-85,90H,5-9,11-13,15-20,23-24,27-32,39-40,47-49,51,53,55,57-61,63-65,67-82H2,1-4H3,(H,95,96)(H,97,98)/b14-10-,25-21-,26-22-,37-33-,38-34-,43-41-,44-42-,45-35-,46-36-,54-50-,56-52-,66-62-/t83-,84+,85+/m0/s1. The summed E-state index contributed by atoms with van der Waals surface area (Å²) in [6.07, 6.45) is 92.6. The summed E-state index contributed by atoms with van der Waals surface area (Å²) in [4.78, 5) is 73.1. The number of phosphoric acid groups is 2. The van der Waals surface area contributed by atoms with Gasteiger partial charge < -0.3 is 33.8 Å². The molecule has 0 fully saturated rings. The number of hydrogen-bond donors (Lipinski definition) is 3. The van der Waals surface area contributed by atoms with E-state index in [1.165, 1.54) is 96.3 Å². The van der Waals surface area contributed by atoms with Crippen LogP contribution in [0.25, 0.3) is 0 Å². The van der Waals surface area contributed by atoms with E-state index in [-0.39, 0.29) is 25.7 Å². The van der Waals surface area contributed by atoms with Crippen LogP contribution in [0.2, 0.25) is 0 Å². The summed E-state index contributed by atoms with van der Waals surface area (Å²) < 4.78 is 68.6. The summed E-state index contributed by atoms with van der Waals surface area (Å²) in [5, 5.41) is 10.7. The van der Waals surface area contributed by atoms with Crippen molar-refractivity contribution in [2.45, 2.75) is 354 Å². The Morgan fingerprint density at radius 2 is 0.500 bits per heavy atom. The molecule has 0 aromatic rings. The first-order valence-electron chi connectivity index (χ1n) is 42.1. The first-order chi connectivity index (χ1) is 52.7. The average Bonchev–Trinajstić information content (AvgIpc) is 0.900. The van der Waals surface area contributed by atoms with Crippen molar-refractivity contribution in [2.24, 2.45) is 0 Å². The third kappa shape index (κ3) is 79.0. The molecule has 2 unspecified atom stereocenters. The maximum absolute atomic E-state index is 13.1. The molecule has 0 saturated heterocycles. The highest BCUT2D eigenvalue weighted by molar-refractivity contribution is 7.47. The molecule has 0 aliphatic rings. The van der Waals surface area contributed by atoms with Crippen molar-refractivity contribution in [3.05, 3.63) is 146 Å². The molecular formula is C89H150O17P2. The number of phosphoric ester groups is 2. The van der Waals surface area contributed by atoms with Crippen LogP contribution in [0, 0.1) is 0 Å². The van der Waals surface area contributed by atoms with Gasteiger partial charge in [-0.3, -0.25) is 37.3 Å². The highest BCUT2D eigenvalue weighted by Crippen LogP contribution is 2.45. The molecule has 0 rings (SSSR count). The fourth-order valence-electron chi connectivity index (χ4n) is 10.9. The monoisotopic (exact) mass is 1550 g/mol. The molecule has 0 aromatic heterocycles. The van der Waals surface area contributed by atoms with Crippen molar-refractivity contribution < 1.29 is 80.2 Å². The highest BCUT2D eigenvalue weighted by atomic mass is 31.2. The van der Waals surface area contributed by atoms with E-state index in [9.17, 15) is 43.2 Å². The van der Waals surface area contributed by atoms with Crippen LogP contribution in [0.4, 0.5) is 0 Å². The van der Waals surface area contributed by atoms with E-state index in [0.29, 0.717) is 32.1 Å². The van der Waals surface area contributed by atoms with Crippen molar-refractivity contribution in [3.63, 3.8) is 0 Å². The quantitative estimate of drug-likeness (QED) is 0.0169. The Hall–Kier alpha value is -5.06. The number of allylic oxidation sites excluding steroid dienone is 24. The maximum atomic E-state index is 13.1. The molecule has 0 aliphatic carbocycles. The Morgan fingerprint density at radius 1 is 0.269 bits per heavy atom. The number of carbonyl (C=O) groups is 4. The van der Waals surface area contributed by atoms with Crippen LogP contribution in [0.1, 0.15) is 336 Å². The number of carbonyl (C=O) groups excluding carboxylic acids is 4. The summed E-state index contributed by atoms with van der Waals surface area (Å²) in [7, 11) is -10.0. The third-order valence-corrected chi connectivity index (χ3v) is 19.2. The van der Waals surface area contributed by atoms with E-state index in [1.807, 2.05) is 18.2 Å². The van der Waals surface area contributed by atoms with Gasteiger partial charge in [-0.15, -0.1) is 0 Å². The summed E-state index contributed by atoms with van der Waals surface area (Å²) in [5.41, 5.74) is 0. The molecule has 0 aliphatic heterocycles. The second-order valence-electron chi connectivity index (χ2n) is 27.7. The number of hydrogen-bond acceptors (Lipinski definition) is 15. The Balaban J connectivity index is 5.49. The van der Waals surface area contributed by atoms with E-state index in [0.717, 1.165) is 154 Å². The van der Waals surface area contributed by atoms with Gasteiger partial charge in [0, 0.05) is 25.7 Å². The van der Waals surface area contributed by atoms with E-state index in [2.05, 4.69) is 155 Å². The number of unbranched alkanes of at least 4 members (excludes halogenated alkanes) is 28. The summed E-state index contributed by atoms with van der Waals surface area (Å²) in [6, 6.07) is 0. The fraction of sp³-hybridized carbons (Fsp3) is 0.685. The second-order valence-corrected chi connectivity index (χ2v) is 30.6. The van der Waals surface area contributed by atoms with Gasteiger partial charge in [0.05, 0.1) is 26.4 Å². The molecule has 108 heavy (non-hydrogen) atoms. The lowest BCUT2D eigenvalue weighted by molar-refractivity contribution is -0.161. The first kappa shape index (κ1) is 103. The molecular weight excluding hydrogens is 1400 g/mol. The predicted octanol–water partition coefficient (Wildman–Crippen LogP) is 25.0. The molecule has 17 nitrogen and oxygen atoms in total. The van der Waals surface area contributed by atoms with Crippen LogP contribution in [0.15, 0.2) is 146 Å². The third-order valence-electron chi connectivity index (χ3n) is 17.3.